The molecular formula is C30H33N3O. The molecule has 1 saturated heterocycles. The van der Waals surface area contributed by atoms with Crippen LogP contribution in [0.3, 0.4) is 0 Å². The predicted molar refractivity (Wildman–Crippen MR) is 136 cm³/mol. The van der Waals surface area contributed by atoms with E-state index < -0.39 is 0 Å². The highest BCUT2D eigenvalue weighted by Crippen LogP contribution is 2.50. The number of nitriles is 1. The van der Waals surface area contributed by atoms with Crippen molar-refractivity contribution in [3.63, 3.8) is 0 Å². The van der Waals surface area contributed by atoms with Gasteiger partial charge >= 0.3 is 0 Å². The molecule has 4 aliphatic rings. The van der Waals surface area contributed by atoms with Crippen LogP contribution in [0.5, 0.6) is 0 Å². The Bertz CT molecular complexity index is 1260. The summed E-state index contributed by atoms with van der Waals surface area (Å²) in [6, 6.07) is 16.3. The third kappa shape index (κ3) is 3.03. The van der Waals surface area contributed by atoms with Crippen molar-refractivity contribution < 1.29 is 4.79 Å². The average Bonchev–Trinajstić information content (AvgIpc) is 3.18. The number of rotatable bonds is 2. The lowest BCUT2D eigenvalue weighted by molar-refractivity contribution is 0.0374. The number of hydrogen-bond donors (Lipinski definition) is 0. The van der Waals surface area contributed by atoms with Gasteiger partial charge in [0.1, 0.15) is 0 Å². The Labute approximate surface area is 202 Å². The number of anilines is 1. The van der Waals surface area contributed by atoms with E-state index in [-0.39, 0.29) is 11.2 Å². The fraction of sp³-hybridized carbons (Fsp3) is 0.467. The van der Waals surface area contributed by atoms with E-state index in [0.29, 0.717) is 17.6 Å². The Morgan fingerprint density at radius 2 is 1.71 bits per heavy atom. The normalized spacial score (nSPS) is 26.0. The topological polar surface area (TPSA) is 47.3 Å². The summed E-state index contributed by atoms with van der Waals surface area (Å²) in [7, 11) is 0. The van der Waals surface area contributed by atoms with Crippen LogP contribution < -0.4 is 4.90 Å². The van der Waals surface area contributed by atoms with Crippen molar-refractivity contribution in [3.8, 4) is 6.07 Å². The third-order valence-corrected chi connectivity index (χ3v) is 8.92. The number of hydrogen-bond acceptors (Lipinski definition) is 4. The lowest BCUT2D eigenvalue weighted by Gasteiger charge is -2.51. The number of nitrogens with zero attached hydrogens (tertiary/aromatic N) is 3. The quantitative estimate of drug-likeness (QED) is 0.605. The van der Waals surface area contributed by atoms with Crippen LogP contribution in [0.2, 0.25) is 0 Å². The first-order chi connectivity index (χ1) is 16.3. The van der Waals surface area contributed by atoms with Crippen molar-refractivity contribution in [2.75, 3.05) is 18.0 Å². The fourth-order valence-electron chi connectivity index (χ4n) is 6.98. The van der Waals surface area contributed by atoms with Gasteiger partial charge < -0.3 is 4.90 Å². The standard InChI is InChI=1S/C30H33N3O/c1-18-16-32(17-19(2)33(18)22-6-5-7-22)23-9-11-25-26(14-23)30(3,4)27-13-21-12-20(15-31)8-10-24(21)28(27)29(25)34/h8-12,14,18-19,22H,5-7,13,16-17H2,1-4H3/t18-,19+. The van der Waals surface area contributed by atoms with Crippen LogP contribution in [0.25, 0.3) is 5.57 Å². The zero-order chi connectivity index (χ0) is 23.8. The molecule has 34 heavy (non-hydrogen) atoms. The van der Waals surface area contributed by atoms with Crippen molar-refractivity contribution in [1.29, 1.82) is 5.26 Å². The summed E-state index contributed by atoms with van der Waals surface area (Å²) in [5.74, 6) is 0.135. The van der Waals surface area contributed by atoms with E-state index in [1.54, 1.807) is 0 Å². The Morgan fingerprint density at radius 3 is 2.35 bits per heavy atom. The molecule has 4 nitrogen and oxygen atoms in total. The van der Waals surface area contributed by atoms with Crippen molar-refractivity contribution >= 4 is 17.0 Å². The minimum atomic E-state index is -0.231. The second-order valence-electron chi connectivity index (χ2n) is 11.3. The number of piperazine rings is 1. The Morgan fingerprint density at radius 1 is 1.00 bits per heavy atom. The van der Waals surface area contributed by atoms with Crippen LogP contribution in [-0.2, 0) is 11.8 Å². The molecule has 1 aliphatic heterocycles. The SMILES string of the molecule is C[C@@H]1CN(c2ccc3c(c2)C(C)(C)C2=C(C3=O)c3ccc(C#N)cc3C2)C[C@H](C)N1C1CCC1. The third-order valence-electron chi connectivity index (χ3n) is 8.92. The average molecular weight is 452 g/mol. The predicted octanol–water partition coefficient (Wildman–Crippen LogP) is 5.49. The van der Waals surface area contributed by atoms with Gasteiger partial charge in [0.05, 0.1) is 11.6 Å². The van der Waals surface area contributed by atoms with E-state index in [1.165, 1.54) is 30.5 Å². The number of benzene rings is 2. The van der Waals surface area contributed by atoms with Crippen molar-refractivity contribution in [2.24, 2.45) is 0 Å². The van der Waals surface area contributed by atoms with E-state index in [1.807, 2.05) is 18.2 Å². The van der Waals surface area contributed by atoms with Gasteiger partial charge in [-0.05, 0) is 85.7 Å². The summed E-state index contributed by atoms with van der Waals surface area (Å²) in [5, 5.41) is 9.34. The van der Waals surface area contributed by atoms with Crippen molar-refractivity contribution in [2.45, 2.75) is 76.9 Å². The number of carbonyl (C=O) groups is 1. The van der Waals surface area contributed by atoms with E-state index in [9.17, 15) is 10.1 Å². The molecule has 2 aromatic carbocycles. The minimum absolute atomic E-state index is 0.135. The maximum absolute atomic E-state index is 13.7. The summed E-state index contributed by atoms with van der Waals surface area (Å²) in [6.07, 6.45) is 4.81. The zero-order valence-corrected chi connectivity index (χ0v) is 20.7. The molecule has 1 heterocycles. The highest BCUT2D eigenvalue weighted by molar-refractivity contribution is 6.33. The van der Waals surface area contributed by atoms with E-state index in [2.05, 4.69) is 61.8 Å². The number of carbonyl (C=O) groups excluding carboxylic acids is 1. The van der Waals surface area contributed by atoms with Gasteiger partial charge in [-0.1, -0.05) is 26.3 Å². The van der Waals surface area contributed by atoms with E-state index in [4.69, 9.17) is 0 Å². The highest BCUT2D eigenvalue weighted by Gasteiger charge is 2.43. The molecule has 0 bridgehead atoms. The molecule has 0 aromatic heterocycles. The molecule has 2 aromatic rings. The Hall–Kier alpha value is -2.90. The number of allylic oxidation sites excluding steroid dienone is 2. The van der Waals surface area contributed by atoms with Gasteiger partial charge in [0.2, 0.25) is 0 Å². The monoisotopic (exact) mass is 451 g/mol. The second-order valence-corrected chi connectivity index (χ2v) is 11.3. The first-order valence-electron chi connectivity index (χ1n) is 12.8. The number of ketones is 1. The number of Topliss-reactive ketones (excluding diaryl/α,β-unsaturated/α-hetero) is 1. The van der Waals surface area contributed by atoms with Gasteiger partial charge in [0.25, 0.3) is 0 Å². The summed E-state index contributed by atoms with van der Waals surface area (Å²) < 4.78 is 0. The summed E-state index contributed by atoms with van der Waals surface area (Å²) in [4.78, 5) is 19.0. The molecule has 0 spiro atoms. The lowest BCUT2D eigenvalue weighted by atomic mass is 9.68. The maximum Gasteiger partial charge on any atom is 0.193 e. The van der Waals surface area contributed by atoms with Crippen LogP contribution >= 0.6 is 0 Å². The molecule has 0 amide bonds. The summed E-state index contributed by atoms with van der Waals surface area (Å²) >= 11 is 0. The molecule has 4 heteroatoms. The first kappa shape index (κ1) is 21.6. The van der Waals surface area contributed by atoms with Crippen molar-refractivity contribution in [3.05, 3.63) is 69.8 Å². The minimum Gasteiger partial charge on any atom is -0.368 e. The highest BCUT2D eigenvalue weighted by atomic mass is 16.1. The van der Waals surface area contributed by atoms with Crippen molar-refractivity contribution in [1.82, 2.24) is 4.90 Å². The largest absolute Gasteiger partial charge is 0.368 e. The number of fused-ring (bicyclic) bond motifs is 3. The molecule has 3 aliphatic carbocycles. The van der Waals surface area contributed by atoms with Crippen LogP contribution in [0, 0.1) is 11.3 Å². The smallest absolute Gasteiger partial charge is 0.193 e. The van der Waals surface area contributed by atoms with Crippen LogP contribution in [0.15, 0.2) is 42.0 Å². The fourth-order valence-corrected chi connectivity index (χ4v) is 6.98. The first-order valence-corrected chi connectivity index (χ1v) is 12.8. The molecule has 0 radical (unpaired) electrons. The molecular weight excluding hydrogens is 418 g/mol. The summed E-state index contributed by atoms with van der Waals surface area (Å²) in [6.45, 7) is 11.3. The molecule has 1 saturated carbocycles. The van der Waals surface area contributed by atoms with Gasteiger partial charge in [0.15, 0.2) is 5.78 Å². The second kappa shape index (κ2) is 7.55. The lowest BCUT2D eigenvalue weighted by Crippen LogP contribution is -2.61. The molecule has 0 N–H and O–H groups in total. The molecule has 174 valence electrons. The Balaban J connectivity index is 1.34. The molecule has 6 rings (SSSR count). The van der Waals surface area contributed by atoms with Gasteiger partial charge in [-0.3, -0.25) is 9.69 Å². The summed E-state index contributed by atoms with van der Waals surface area (Å²) in [5.41, 5.74) is 7.81. The van der Waals surface area contributed by atoms with Gasteiger partial charge in [-0.25, -0.2) is 0 Å². The van der Waals surface area contributed by atoms with Crippen LogP contribution in [-0.4, -0.2) is 41.9 Å². The zero-order valence-electron chi connectivity index (χ0n) is 20.7. The van der Waals surface area contributed by atoms with Gasteiger partial charge in [-0.15, -0.1) is 0 Å². The molecule has 0 unspecified atom stereocenters. The molecule has 2 fully saturated rings. The van der Waals surface area contributed by atoms with E-state index >= 15 is 0 Å². The van der Waals surface area contributed by atoms with E-state index in [0.717, 1.165) is 53.4 Å². The maximum atomic E-state index is 13.7. The van der Waals surface area contributed by atoms with Crippen LogP contribution in [0.1, 0.15) is 79.6 Å². The molecule has 2 atom stereocenters. The van der Waals surface area contributed by atoms with Gasteiger partial charge in [0, 0.05) is 53.5 Å². The Kier molecular flexibility index (Phi) is 4.80. The van der Waals surface area contributed by atoms with Gasteiger partial charge in [-0.2, -0.15) is 5.26 Å². The van der Waals surface area contributed by atoms with Crippen LogP contribution in [0.4, 0.5) is 5.69 Å².